The number of nitrogens with zero attached hydrogens (tertiary/aromatic N) is 3. The Morgan fingerprint density at radius 3 is 2.65 bits per heavy atom. The molecule has 1 heterocycles. The lowest BCUT2D eigenvalue weighted by Gasteiger charge is -2.28. The molecule has 0 bridgehead atoms. The monoisotopic (exact) mass is 351 g/mol. The Bertz CT molecular complexity index is 795. The van der Waals surface area contributed by atoms with E-state index in [2.05, 4.69) is 15.3 Å². The molecule has 0 radical (unpaired) electrons. The number of benzene rings is 1. The first kappa shape index (κ1) is 17.7. The summed E-state index contributed by atoms with van der Waals surface area (Å²) in [5.74, 6) is 1.09. The summed E-state index contributed by atoms with van der Waals surface area (Å²) < 4.78 is 5.26. The number of nitrogen functional groups attached to an aromatic ring is 1. The second-order valence-corrected chi connectivity index (χ2v) is 6.39. The van der Waals surface area contributed by atoms with Crippen molar-refractivity contribution < 1.29 is 9.53 Å². The molecule has 3 rings (SSSR count). The van der Waals surface area contributed by atoms with Gasteiger partial charge in [0.05, 0.1) is 6.20 Å². The topological polar surface area (TPSA) is 114 Å². The van der Waals surface area contributed by atoms with Crippen LogP contribution in [0, 0.1) is 11.3 Å². The third-order valence-corrected chi connectivity index (χ3v) is 4.58. The number of hydrogen-bond acceptors (Lipinski definition) is 6. The Morgan fingerprint density at radius 2 is 2.00 bits per heavy atom. The van der Waals surface area contributed by atoms with Crippen molar-refractivity contribution in [2.24, 2.45) is 0 Å². The number of nitriles is 1. The lowest BCUT2D eigenvalue weighted by atomic mass is 9.85. The van der Waals surface area contributed by atoms with Gasteiger partial charge in [0, 0.05) is 12.0 Å². The Morgan fingerprint density at radius 1 is 1.27 bits per heavy atom. The lowest BCUT2D eigenvalue weighted by Crippen LogP contribution is -2.37. The van der Waals surface area contributed by atoms with Gasteiger partial charge in [-0.2, -0.15) is 5.26 Å². The van der Waals surface area contributed by atoms with Crippen LogP contribution < -0.4 is 11.1 Å². The van der Waals surface area contributed by atoms with Crippen molar-refractivity contribution in [2.45, 2.75) is 44.2 Å². The zero-order chi connectivity index (χ0) is 18.4. The number of carbonyl (C=O) groups is 1. The largest absolute Gasteiger partial charge is 0.445 e. The second kappa shape index (κ2) is 8.30. The number of alkyl carbamates (subject to hydrolysis) is 1. The van der Waals surface area contributed by atoms with Gasteiger partial charge >= 0.3 is 6.09 Å². The Labute approximate surface area is 152 Å². The molecular weight excluding hydrogens is 330 g/mol. The number of aromatic nitrogens is 2. The van der Waals surface area contributed by atoms with E-state index in [-0.39, 0.29) is 24.4 Å². The van der Waals surface area contributed by atoms with Gasteiger partial charge in [0.15, 0.2) is 0 Å². The maximum atomic E-state index is 11.9. The van der Waals surface area contributed by atoms with E-state index >= 15 is 0 Å². The number of nitrogens with two attached hydrogens (primary N) is 1. The molecule has 0 unspecified atom stereocenters. The summed E-state index contributed by atoms with van der Waals surface area (Å²) in [6.45, 7) is 0.264. The van der Waals surface area contributed by atoms with Crippen LogP contribution in [0.25, 0.3) is 0 Å². The molecule has 0 saturated heterocycles. The number of amides is 1. The number of hydrogen-bond donors (Lipinski definition) is 2. The highest BCUT2D eigenvalue weighted by Crippen LogP contribution is 2.31. The van der Waals surface area contributed by atoms with E-state index in [9.17, 15) is 4.79 Å². The van der Waals surface area contributed by atoms with Gasteiger partial charge in [-0.1, -0.05) is 30.3 Å². The summed E-state index contributed by atoms with van der Waals surface area (Å²) in [5, 5.41) is 11.8. The van der Waals surface area contributed by atoms with Crippen LogP contribution in [-0.4, -0.2) is 22.1 Å². The fraction of sp³-hybridized carbons (Fsp3) is 0.368. The Balaban J connectivity index is 1.45. The van der Waals surface area contributed by atoms with Gasteiger partial charge in [0.1, 0.15) is 29.9 Å². The molecule has 1 fully saturated rings. The highest BCUT2D eigenvalue weighted by Gasteiger charge is 2.26. The highest BCUT2D eigenvalue weighted by molar-refractivity contribution is 5.67. The lowest BCUT2D eigenvalue weighted by molar-refractivity contribution is 0.132. The van der Waals surface area contributed by atoms with Crippen LogP contribution >= 0.6 is 0 Å². The minimum atomic E-state index is -0.392. The first-order chi connectivity index (χ1) is 12.7. The summed E-state index contributed by atoms with van der Waals surface area (Å²) in [7, 11) is 0. The van der Waals surface area contributed by atoms with Gasteiger partial charge in [0.2, 0.25) is 0 Å². The summed E-state index contributed by atoms with van der Waals surface area (Å²) in [6.07, 6.45) is 4.45. The van der Waals surface area contributed by atoms with E-state index < -0.39 is 6.09 Å². The van der Waals surface area contributed by atoms with Crippen molar-refractivity contribution in [1.29, 1.82) is 5.26 Å². The SMILES string of the molecule is N#Cc1cnc([C@H]2CC[C@H](NC(=O)OCc3ccccc3)CC2)nc1N. The fourth-order valence-corrected chi connectivity index (χ4v) is 3.12. The molecule has 1 aromatic carbocycles. The van der Waals surface area contributed by atoms with Crippen molar-refractivity contribution in [3.8, 4) is 6.07 Å². The molecule has 7 nitrogen and oxygen atoms in total. The average molecular weight is 351 g/mol. The van der Waals surface area contributed by atoms with Crippen LogP contribution in [0.3, 0.4) is 0 Å². The molecular formula is C19H21N5O2. The zero-order valence-electron chi connectivity index (χ0n) is 14.4. The number of ether oxygens (including phenoxy) is 1. The van der Waals surface area contributed by atoms with Gasteiger partial charge in [-0.15, -0.1) is 0 Å². The maximum Gasteiger partial charge on any atom is 0.407 e. The quantitative estimate of drug-likeness (QED) is 0.875. The number of nitrogens with one attached hydrogen (secondary N) is 1. The van der Waals surface area contributed by atoms with Gasteiger partial charge in [0.25, 0.3) is 0 Å². The first-order valence-electron chi connectivity index (χ1n) is 8.65. The van der Waals surface area contributed by atoms with Crippen LogP contribution in [0.1, 0.15) is 48.6 Å². The molecule has 3 N–H and O–H groups in total. The fourth-order valence-electron chi connectivity index (χ4n) is 3.12. The molecule has 0 aliphatic heterocycles. The van der Waals surface area contributed by atoms with E-state index in [1.54, 1.807) is 0 Å². The molecule has 26 heavy (non-hydrogen) atoms. The van der Waals surface area contributed by atoms with Gasteiger partial charge in [-0.3, -0.25) is 0 Å². The Kier molecular flexibility index (Phi) is 5.64. The molecule has 7 heteroatoms. The maximum absolute atomic E-state index is 11.9. The van der Waals surface area contributed by atoms with Crippen LogP contribution in [0.4, 0.5) is 10.6 Å². The smallest absolute Gasteiger partial charge is 0.407 e. The standard InChI is InChI=1S/C19H21N5O2/c20-10-15-11-22-18(24-17(15)21)14-6-8-16(9-7-14)23-19(25)26-12-13-4-2-1-3-5-13/h1-5,11,14,16H,6-9,12H2,(H,23,25)(H2,21,22,24)/t14-,16-. The summed E-state index contributed by atoms with van der Waals surface area (Å²) in [4.78, 5) is 20.5. The van der Waals surface area contributed by atoms with Gasteiger partial charge in [-0.05, 0) is 31.2 Å². The predicted molar refractivity (Wildman–Crippen MR) is 95.9 cm³/mol. The number of rotatable bonds is 4. The van der Waals surface area contributed by atoms with Crippen LogP contribution in [0.15, 0.2) is 36.5 Å². The highest BCUT2D eigenvalue weighted by atomic mass is 16.5. The summed E-state index contributed by atoms with van der Waals surface area (Å²) in [5.41, 5.74) is 7.02. The van der Waals surface area contributed by atoms with Crippen molar-refractivity contribution in [3.63, 3.8) is 0 Å². The molecule has 1 aliphatic rings. The normalized spacial score (nSPS) is 19.3. The van der Waals surface area contributed by atoms with Crippen LogP contribution in [-0.2, 0) is 11.3 Å². The molecule has 2 aromatic rings. The van der Waals surface area contributed by atoms with Gasteiger partial charge in [-0.25, -0.2) is 14.8 Å². The Hall–Kier alpha value is -3.14. The number of carbonyl (C=O) groups excluding carboxylic acids is 1. The van der Waals surface area contributed by atoms with Crippen molar-refractivity contribution >= 4 is 11.9 Å². The average Bonchev–Trinajstić information content (AvgIpc) is 2.68. The molecule has 1 aromatic heterocycles. The first-order valence-corrected chi connectivity index (χ1v) is 8.65. The van der Waals surface area contributed by atoms with Gasteiger partial charge < -0.3 is 15.8 Å². The third kappa shape index (κ3) is 4.48. The minimum Gasteiger partial charge on any atom is -0.445 e. The van der Waals surface area contributed by atoms with Crippen LogP contribution in [0.2, 0.25) is 0 Å². The molecule has 1 amide bonds. The van der Waals surface area contributed by atoms with Crippen LogP contribution in [0.5, 0.6) is 0 Å². The molecule has 0 spiro atoms. The van der Waals surface area contributed by atoms with E-state index in [1.807, 2.05) is 36.4 Å². The van der Waals surface area contributed by atoms with Crippen molar-refractivity contribution in [3.05, 3.63) is 53.5 Å². The summed E-state index contributed by atoms with van der Waals surface area (Å²) in [6, 6.07) is 11.6. The predicted octanol–water partition coefficient (Wildman–Crippen LogP) is 2.88. The minimum absolute atomic E-state index is 0.0882. The number of anilines is 1. The molecule has 0 atom stereocenters. The van der Waals surface area contributed by atoms with E-state index in [4.69, 9.17) is 15.7 Å². The zero-order valence-corrected chi connectivity index (χ0v) is 14.4. The molecule has 1 aliphatic carbocycles. The molecule has 1 saturated carbocycles. The van der Waals surface area contributed by atoms with E-state index in [1.165, 1.54) is 6.20 Å². The summed E-state index contributed by atoms with van der Waals surface area (Å²) >= 11 is 0. The third-order valence-electron chi connectivity index (χ3n) is 4.58. The van der Waals surface area contributed by atoms with E-state index in [0.29, 0.717) is 11.4 Å². The van der Waals surface area contributed by atoms with Crippen molar-refractivity contribution in [1.82, 2.24) is 15.3 Å². The van der Waals surface area contributed by atoms with E-state index in [0.717, 1.165) is 31.2 Å². The second-order valence-electron chi connectivity index (χ2n) is 6.39. The molecule has 134 valence electrons. The van der Waals surface area contributed by atoms with Crippen molar-refractivity contribution in [2.75, 3.05) is 5.73 Å².